The minimum absolute atomic E-state index is 0.0195. The van der Waals surface area contributed by atoms with Crippen molar-refractivity contribution in [2.75, 3.05) is 42.6 Å². The molecule has 0 spiro atoms. The molecule has 3 amide bonds. The van der Waals surface area contributed by atoms with E-state index in [4.69, 9.17) is 9.84 Å². The Bertz CT molecular complexity index is 3950. The highest BCUT2D eigenvalue weighted by atomic mass is 32.2. The number of unbranched alkanes of at least 4 members (excludes halogenated alkanes) is 6. The molecule has 100 heavy (non-hydrogen) atoms. The quantitative estimate of drug-likeness (QED) is 0.0116. The number of hydrogen-bond donors (Lipinski definition) is 8. The molecule has 540 valence electrons. The summed E-state index contributed by atoms with van der Waals surface area (Å²) in [7, 11) is -8.25. The SMILES string of the molecule is CC1(C)C(=CC=C2CCCC(C=CC3=[N+](CCCCS(=O)(=O)O)c4ccccc4C3(C)C)=C2Oc2ccc(C[C@H](CC(=O)CCCCCCCNC(=O)[C@@H](CC(=O)CC[C@H](NC(=O)NCCCC(=O)O)C(=O)O)Cc3ccccc3)C(=O)O)cc2)N(CCCCS(=O)(=O)O)c2ccccc21. The van der Waals surface area contributed by atoms with E-state index in [1.807, 2.05) is 66.7 Å². The van der Waals surface area contributed by atoms with Crippen LogP contribution >= 0.6 is 0 Å². The highest BCUT2D eigenvalue weighted by molar-refractivity contribution is 7.86. The van der Waals surface area contributed by atoms with E-state index in [1.54, 1.807) is 12.1 Å². The Labute approximate surface area is 587 Å². The number of carboxylic acids is 3. The van der Waals surface area contributed by atoms with E-state index in [0.717, 1.165) is 69.9 Å². The molecular formula is C76H98N5O17S2+. The summed E-state index contributed by atoms with van der Waals surface area (Å²) in [6, 6.07) is 30.5. The highest BCUT2D eigenvalue weighted by Crippen LogP contribution is 2.48. The number of carbonyl (C=O) groups excluding carboxylic acids is 4. The molecule has 0 aromatic heterocycles. The first-order valence-corrected chi connectivity index (χ1v) is 37.9. The second-order valence-electron chi connectivity index (χ2n) is 27.2. The second kappa shape index (κ2) is 37.2. The van der Waals surface area contributed by atoms with Crippen molar-refractivity contribution in [1.82, 2.24) is 16.0 Å². The zero-order chi connectivity index (χ0) is 72.6. The molecule has 3 aliphatic rings. The number of carbonyl (C=O) groups is 7. The molecule has 3 atom stereocenters. The Balaban J connectivity index is 0.976. The number of nitrogens with one attached hydrogen (secondary N) is 3. The number of para-hydroxylation sites is 2. The third-order valence-electron chi connectivity index (χ3n) is 18.7. The third kappa shape index (κ3) is 24.1. The van der Waals surface area contributed by atoms with Gasteiger partial charge in [0.25, 0.3) is 20.2 Å². The van der Waals surface area contributed by atoms with E-state index in [0.29, 0.717) is 81.7 Å². The Hall–Kier alpha value is -8.58. The molecule has 0 bridgehead atoms. The molecule has 1 aliphatic carbocycles. The van der Waals surface area contributed by atoms with Gasteiger partial charge in [-0.25, -0.2) is 9.59 Å². The predicted molar refractivity (Wildman–Crippen MR) is 383 cm³/mol. The van der Waals surface area contributed by atoms with Crippen LogP contribution in [0.1, 0.15) is 172 Å². The van der Waals surface area contributed by atoms with Crippen molar-refractivity contribution in [3.63, 3.8) is 0 Å². The van der Waals surface area contributed by atoms with Crippen LogP contribution in [0.2, 0.25) is 0 Å². The number of amides is 3. The van der Waals surface area contributed by atoms with Crippen molar-refractivity contribution >= 4 is 78.7 Å². The normalized spacial score (nSPS) is 16.6. The Morgan fingerprint density at radius 1 is 0.600 bits per heavy atom. The van der Waals surface area contributed by atoms with Crippen LogP contribution in [0.25, 0.3) is 0 Å². The lowest BCUT2D eigenvalue weighted by atomic mass is 9.81. The van der Waals surface area contributed by atoms with Gasteiger partial charge in [0.05, 0.1) is 22.8 Å². The number of aliphatic carboxylic acids is 3. The summed E-state index contributed by atoms with van der Waals surface area (Å²) < 4.78 is 74.9. The van der Waals surface area contributed by atoms with Crippen molar-refractivity contribution in [3.8, 4) is 5.75 Å². The summed E-state index contributed by atoms with van der Waals surface area (Å²) in [6.45, 7) is 10.0. The van der Waals surface area contributed by atoms with Gasteiger partial charge in [-0.05, 0) is 149 Å². The van der Waals surface area contributed by atoms with Crippen LogP contribution in [-0.2, 0) is 72.7 Å². The van der Waals surface area contributed by atoms with Crippen LogP contribution in [0.5, 0.6) is 5.75 Å². The van der Waals surface area contributed by atoms with Crippen molar-refractivity contribution < 1.29 is 84.1 Å². The molecule has 8 N–H and O–H groups in total. The number of fused-ring (bicyclic) bond motifs is 2. The topological polar surface area (TPSA) is 340 Å². The first-order chi connectivity index (χ1) is 47.5. The molecule has 2 heterocycles. The number of carboxylic acid groups (broad SMARTS) is 3. The van der Waals surface area contributed by atoms with Gasteiger partial charge >= 0.3 is 23.9 Å². The lowest BCUT2D eigenvalue weighted by Gasteiger charge is -2.27. The van der Waals surface area contributed by atoms with E-state index < -0.39 is 72.9 Å². The van der Waals surface area contributed by atoms with Gasteiger partial charge in [0, 0.05) is 98.6 Å². The number of benzene rings is 4. The number of ether oxygens (including phenoxy) is 1. The van der Waals surface area contributed by atoms with Crippen LogP contribution in [0, 0.1) is 11.8 Å². The summed E-state index contributed by atoms with van der Waals surface area (Å²) in [5, 5.41) is 36.5. The minimum atomic E-state index is -4.13. The number of rotatable bonds is 42. The van der Waals surface area contributed by atoms with E-state index in [1.165, 1.54) is 0 Å². The predicted octanol–water partition coefficient (Wildman–Crippen LogP) is 12.0. The lowest BCUT2D eigenvalue weighted by Crippen LogP contribution is -2.46. The zero-order valence-corrected chi connectivity index (χ0v) is 59.4. The second-order valence-corrected chi connectivity index (χ2v) is 30.4. The molecular weight excluding hydrogens is 1320 g/mol. The summed E-state index contributed by atoms with van der Waals surface area (Å²) in [5.74, 6) is -5.49. The van der Waals surface area contributed by atoms with E-state index >= 15 is 0 Å². The number of allylic oxidation sites excluding steroid dienone is 7. The van der Waals surface area contributed by atoms with Crippen molar-refractivity contribution in [2.24, 2.45) is 11.8 Å². The number of urea groups is 1. The van der Waals surface area contributed by atoms with Crippen molar-refractivity contribution in [3.05, 3.63) is 172 Å². The molecule has 0 radical (unpaired) electrons. The minimum Gasteiger partial charge on any atom is -0.481 e. The number of ketones is 2. The third-order valence-corrected chi connectivity index (χ3v) is 20.4. The fourth-order valence-corrected chi connectivity index (χ4v) is 14.5. The van der Waals surface area contributed by atoms with Gasteiger partial charge in [0.2, 0.25) is 11.6 Å². The van der Waals surface area contributed by atoms with Crippen LogP contribution in [0.4, 0.5) is 16.2 Å². The maximum Gasteiger partial charge on any atom is 0.326 e. The van der Waals surface area contributed by atoms with Gasteiger partial charge in [-0.15, -0.1) is 0 Å². The van der Waals surface area contributed by atoms with Crippen LogP contribution in [-0.4, -0.2) is 137 Å². The molecule has 4 aromatic carbocycles. The number of anilines is 1. The Morgan fingerprint density at radius 3 is 1.90 bits per heavy atom. The number of hydrogen-bond acceptors (Lipinski definition) is 13. The zero-order valence-electron chi connectivity index (χ0n) is 57.8. The largest absolute Gasteiger partial charge is 0.481 e. The van der Waals surface area contributed by atoms with Gasteiger partial charge in [-0.3, -0.25) is 33.1 Å². The van der Waals surface area contributed by atoms with Crippen molar-refractivity contribution in [2.45, 2.75) is 179 Å². The Morgan fingerprint density at radius 2 is 1.21 bits per heavy atom. The fraction of sp³-hybridized carbons (Fsp3) is 0.474. The molecule has 24 heteroatoms. The monoisotopic (exact) mass is 1420 g/mol. The van der Waals surface area contributed by atoms with Gasteiger partial charge < -0.3 is 40.9 Å². The number of Topliss-reactive ketones (excluding diaryl/α,β-unsaturated/α-hetero) is 2. The molecule has 0 fully saturated rings. The number of nitrogens with zero attached hydrogens (tertiary/aromatic N) is 2. The van der Waals surface area contributed by atoms with Crippen molar-refractivity contribution in [1.29, 1.82) is 0 Å². The fourth-order valence-electron chi connectivity index (χ4n) is 13.4. The van der Waals surface area contributed by atoms with Gasteiger partial charge in [0.1, 0.15) is 35.7 Å². The van der Waals surface area contributed by atoms with E-state index in [2.05, 4.69) is 102 Å². The summed E-state index contributed by atoms with van der Waals surface area (Å²) in [5.41, 5.74) is 8.85. The smallest absolute Gasteiger partial charge is 0.326 e. The molecule has 22 nitrogen and oxygen atoms in total. The average molecular weight is 1420 g/mol. The standard InChI is InChI=1S/C76H97N5O17S2/c1-75(2)62-28-12-14-30-65(62)80(45-17-19-47-99(92,93)94)67(75)41-35-55-25-21-26-56(36-42-68-76(3,4)63-29-13-15-31-66(63)81(68)46-18-20-48-100(95,96)97)70(55)98-61-38-33-54(34-39-61)50-58(72(87)88)52-59(82)27-11-6-5-7-16-43-77-71(86)57(49-53-23-9-8-10-24-53)51-60(83)37-40-64(73(89)90)79-74(91)78-44-22-32-69(84)85/h8-10,12-15,23-24,28-31,33-36,38-39,41-42,57-58,64H,5-7,11,16-22,25-27,32,37,40,43-52H2,1-4H3,(H7-,77,78,79,84,85,86,87,88,89,90,91,92,93,94,95,96,97)/p+1/t57-,58-,64+/m1/s1. The van der Waals surface area contributed by atoms with E-state index in [9.17, 15) is 69.7 Å². The molecule has 0 unspecified atom stereocenters. The molecule has 4 aromatic rings. The first-order valence-electron chi connectivity index (χ1n) is 34.7. The molecule has 0 saturated carbocycles. The van der Waals surface area contributed by atoms with Gasteiger partial charge in [-0.1, -0.05) is 118 Å². The van der Waals surface area contributed by atoms with Gasteiger partial charge in [-0.2, -0.15) is 21.4 Å². The van der Waals surface area contributed by atoms with Crippen LogP contribution in [0.15, 0.2) is 150 Å². The average Bonchev–Trinajstić information content (AvgIpc) is 1.60. The maximum absolute atomic E-state index is 13.5. The molecule has 2 aliphatic heterocycles. The summed E-state index contributed by atoms with van der Waals surface area (Å²) >= 11 is 0. The maximum atomic E-state index is 13.5. The first kappa shape index (κ1) is 78.8. The lowest BCUT2D eigenvalue weighted by molar-refractivity contribution is -0.438. The summed E-state index contributed by atoms with van der Waals surface area (Å²) in [6.07, 6.45) is 15.5. The van der Waals surface area contributed by atoms with Crippen LogP contribution < -0.4 is 25.6 Å². The van der Waals surface area contributed by atoms with Gasteiger partial charge in [0.15, 0.2) is 5.71 Å². The molecule has 0 saturated heterocycles. The summed E-state index contributed by atoms with van der Waals surface area (Å²) in [4.78, 5) is 89.9. The molecule has 7 rings (SSSR count). The Kier molecular flexibility index (Phi) is 29.3. The highest BCUT2D eigenvalue weighted by Gasteiger charge is 2.44. The van der Waals surface area contributed by atoms with E-state index in [-0.39, 0.29) is 106 Å². The van der Waals surface area contributed by atoms with Crippen LogP contribution in [0.3, 0.4) is 0 Å².